The number of hydrogen-bond acceptors (Lipinski definition) is 2. The molecule has 0 aliphatic carbocycles. The van der Waals surface area contributed by atoms with E-state index in [1.54, 1.807) is 6.20 Å². The molecule has 2 aromatic rings. The Morgan fingerprint density at radius 2 is 2.24 bits per heavy atom. The summed E-state index contributed by atoms with van der Waals surface area (Å²) >= 11 is 0. The van der Waals surface area contributed by atoms with Crippen molar-refractivity contribution in [1.29, 1.82) is 0 Å². The van der Waals surface area contributed by atoms with Crippen molar-refractivity contribution in [2.24, 2.45) is 0 Å². The van der Waals surface area contributed by atoms with E-state index in [1.165, 1.54) is 25.3 Å². The number of aryl methyl sites for hydroxylation is 1. The first-order valence-electron chi connectivity index (χ1n) is 5.99. The molecule has 0 saturated heterocycles. The van der Waals surface area contributed by atoms with Crippen LogP contribution in [0.1, 0.15) is 32.3 Å². The second-order valence-electron chi connectivity index (χ2n) is 4.23. The molecule has 0 aliphatic heterocycles. The normalized spacial score (nSPS) is 10.7. The molecule has 1 aromatic carbocycles. The predicted molar refractivity (Wildman–Crippen MR) is 68.2 cm³/mol. The molecule has 17 heavy (non-hydrogen) atoms. The van der Waals surface area contributed by atoms with E-state index in [4.69, 9.17) is 4.74 Å². The number of rotatable bonds is 4. The summed E-state index contributed by atoms with van der Waals surface area (Å²) in [7, 11) is 0. The fourth-order valence-electron chi connectivity index (χ4n) is 1.92. The van der Waals surface area contributed by atoms with Crippen molar-refractivity contribution in [2.45, 2.75) is 33.1 Å². The molecule has 0 amide bonds. The lowest BCUT2D eigenvalue weighted by Crippen LogP contribution is -2.00. The van der Waals surface area contributed by atoms with Gasteiger partial charge in [0.25, 0.3) is 0 Å². The topological polar surface area (TPSA) is 42.1 Å². The average molecular weight is 231 g/mol. The van der Waals surface area contributed by atoms with Gasteiger partial charge in [0.2, 0.25) is 0 Å². The van der Waals surface area contributed by atoms with Gasteiger partial charge in [-0.1, -0.05) is 19.4 Å². The van der Waals surface area contributed by atoms with Gasteiger partial charge in [-0.2, -0.15) is 0 Å². The van der Waals surface area contributed by atoms with E-state index < -0.39 is 0 Å². The number of benzene rings is 1. The molecule has 0 fully saturated rings. The molecule has 90 valence electrons. The van der Waals surface area contributed by atoms with Crippen molar-refractivity contribution in [3.8, 4) is 5.75 Å². The summed E-state index contributed by atoms with van der Waals surface area (Å²) in [6, 6.07) is 6.25. The molecular weight excluding hydrogens is 214 g/mol. The molecule has 0 bridgehead atoms. The van der Waals surface area contributed by atoms with Crippen molar-refractivity contribution >= 4 is 16.9 Å². The molecule has 1 aromatic heterocycles. The third-order valence-electron chi connectivity index (χ3n) is 2.78. The molecular formula is C14H17NO2. The largest absolute Gasteiger partial charge is 0.424 e. The number of carbonyl (C=O) groups excluding carboxylic acids is 1. The second-order valence-corrected chi connectivity index (χ2v) is 4.23. The molecule has 0 aliphatic rings. The number of ether oxygens (including phenoxy) is 1. The zero-order chi connectivity index (χ0) is 12.3. The SMILES string of the molecule is CCCCc1ccc2[nH]cc(OC(C)=O)c2c1. The van der Waals surface area contributed by atoms with Gasteiger partial charge in [-0.3, -0.25) is 4.79 Å². The minimum absolute atomic E-state index is 0.287. The number of unbranched alkanes of at least 4 members (excludes halogenated alkanes) is 1. The zero-order valence-electron chi connectivity index (χ0n) is 10.2. The van der Waals surface area contributed by atoms with Crippen LogP contribution in [0.5, 0.6) is 5.75 Å². The van der Waals surface area contributed by atoms with Gasteiger partial charge in [0.15, 0.2) is 5.75 Å². The van der Waals surface area contributed by atoms with Crippen molar-refractivity contribution in [3.63, 3.8) is 0 Å². The smallest absolute Gasteiger partial charge is 0.308 e. The minimum atomic E-state index is -0.287. The Bertz CT molecular complexity index is 528. The van der Waals surface area contributed by atoms with Gasteiger partial charge in [0, 0.05) is 24.0 Å². The van der Waals surface area contributed by atoms with Crippen molar-refractivity contribution in [2.75, 3.05) is 0 Å². The Hall–Kier alpha value is -1.77. The fourth-order valence-corrected chi connectivity index (χ4v) is 1.92. The Morgan fingerprint density at radius 3 is 2.94 bits per heavy atom. The number of carbonyl (C=O) groups is 1. The highest BCUT2D eigenvalue weighted by Crippen LogP contribution is 2.27. The Kier molecular flexibility index (Phi) is 3.47. The van der Waals surface area contributed by atoms with Gasteiger partial charge in [-0.15, -0.1) is 0 Å². The summed E-state index contributed by atoms with van der Waals surface area (Å²) < 4.78 is 5.16. The molecule has 3 heteroatoms. The summed E-state index contributed by atoms with van der Waals surface area (Å²) in [5, 5.41) is 0.980. The van der Waals surface area contributed by atoms with Gasteiger partial charge in [0.1, 0.15) is 0 Å². The maximum Gasteiger partial charge on any atom is 0.308 e. The van der Waals surface area contributed by atoms with Crippen LogP contribution in [0.25, 0.3) is 10.9 Å². The highest BCUT2D eigenvalue weighted by atomic mass is 16.5. The number of H-pyrrole nitrogens is 1. The molecule has 0 radical (unpaired) electrons. The molecule has 0 atom stereocenters. The maximum absolute atomic E-state index is 11.0. The van der Waals surface area contributed by atoms with Crippen LogP contribution < -0.4 is 4.74 Å². The number of nitrogens with one attached hydrogen (secondary N) is 1. The number of hydrogen-bond donors (Lipinski definition) is 1. The van der Waals surface area contributed by atoms with Gasteiger partial charge < -0.3 is 9.72 Å². The molecule has 0 spiro atoms. The molecule has 0 saturated carbocycles. The van der Waals surface area contributed by atoms with Crippen molar-refractivity contribution < 1.29 is 9.53 Å². The Labute approximate surface area is 101 Å². The van der Waals surface area contributed by atoms with Gasteiger partial charge >= 0.3 is 5.97 Å². The van der Waals surface area contributed by atoms with Crippen LogP contribution in [0.2, 0.25) is 0 Å². The van der Waals surface area contributed by atoms with Crippen molar-refractivity contribution in [1.82, 2.24) is 4.98 Å². The summed E-state index contributed by atoms with van der Waals surface area (Å²) in [6.45, 7) is 3.60. The van der Waals surface area contributed by atoms with E-state index in [0.29, 0.717) is 5.75 Å². The van der Waals surface area contributed by atoms with Crippen LogP contribution in [0.3, 0.4) is 0 Å². The number of fused-ring (bicyclic) bond motifs is 1. The molecule has 2 rings (SSSR count). The van der Waals surface area contributed by atoms with Crippen molar-refractivity contribution in [3.05, 3.63) is 30.0 Å². The first-order valence-corrected chi connectivity index (χ1v) is 5.99. The van der Waals surface area contributed by atoms with Gasteiger partial charge in [-0.25, -0.2) is 0 Å². The summed E-state index contributed by atoms with van der Waals surface area (Å²) in [4.78, 5) is 14.1. The van der Waals surface area contributed by atoms with E-state index in [9.17, 15) is 4.79 Å². The van der Waals surface area contributed by atoms with Crippen LogP contribution in [-0.2, 0) is 11.2 Å². The maximum atomic E-state index is 11.0. The van der Waals surface area contributed by atoms with E-state index in [2.05, 4.69) is 24.0 Å². The van der Waals surface area contributed by atoms with E-state index in [-0.39, 0.29) is 5.97 Å². The highest BCUT2D eigenvalue weighted by molar-refractivity contribution is 5.88. The predicted octanol–water partition coefficient (Wildman–Crippen LogP) is 3.44. The molecule has 0 unspecified atom stereocenters. The number of esters is 1. The summed E-state index contributed by atoms with van der Waals surface area (Å²) in [6.07, 6.45) is 5.16. The average Bonchev–Trinajstić information content (AvgIpc) is 2.69. The van der Waals surface area contributed by atoms with Crippen LogP contribution >= 0.6 is 0 Å². The lowest BCUT2D eigenvalue weighted by atomic mass is 10.1. The Morgan fingerprint density at radius 1 is 1.41 bits per heavy atom. The third-order valence-corrected chi connectivity index (χ3v) is 2.78. The first-order chi connectivity index (χ1) is 8.20. The Balaban J connectivity index is 2.32. The number of aromatic amines is 1. The second kappa shape index (κ2) is 5.04. The van der Waals surface area contributed by atoms with Gasteiger partial charge in [-0.05, 0) is 30.5 Å². The summed E-state index contributed by atoms with van der Waals surface area (Å²) in [5.74, 6) is 0.329. The molecule has 1 N–H and O–H groups in total. The highest BCUT2D eigenvalue weighted by Gasteiger charge is 2.07. The van der Waals surface area contributed by atoms with E-state index in [0.717, 1.165) is 17.3 Å². The quantitative estimate of drug-likeness (QED) is 0.819. The lowest BCUT2D eigenvalue weighted by molar-refractivity contribution is -0.131. The third kappa shape index (κ3) is 2.67. The van der Waals surface area contributed by atoms with E-state index in [1.807, 2.05) is 6.07 Å². The van der Waals surface area contributed by atoms with E-state index >= 15 is 0 Å². The van der Waals surface area contributed by atoms with Gasteiger partial charge in [0.05, 0.1) is 0 Å². The van der Waals surface area contributed by atoms with Crippen LogP contribution in [-0.4, -0.2) is 11.0 Å². The minimum Gasteiger partial charge on any atom is -0.424 e. The molecule has 3 nitrogen and oxygen atoms in total. The lowest BCUT2D eigenvalue weighted by Gasteiger charge is -2.02. The first kappa shape index (κ1) is 11.7. The van der Waals surface area contributed by atoms with Crippen LogP contribution in [0.15, 0.2) is 24.4 Å². The summed E-state index contributed by atoms with van der Waals surface area (Å²) in [5.41, 5.74) is 2.29. The number of aromatic nitrogens is 1. The zero-order valence-corrected chi connectivity index (χ0v) is 10.2. The van der Waals surface area contributed by atoms with Crippen LogP contribution in [0, 0.1) is 0 Å². The van der Waals surface area contributed by atoms with Crippen LogP contribution in [0.4, 0.5) is 0 Å². The standard InChI is InChI=1S/C14H17NO2/c1-3-4-5-11-6-7-13-12(8-11)14(9-15-13)17-10(2)16/h6-9,15H,3-5H2,1-2H3. The fraction of sp³-hybridized carbons (Fsp3) is 0.357. The molecule has 1 heterocycles. The monoisotopic (exact) mass is 231 g/mol.